The Hall–Kier alpha value is -1.99. The van der Waals surface area contributed by atoms with E-state index in [1.165, 1.54) is 0 Å². The second kappa shape index (κ2) is 5.33. The van der Waals surface area contributed by atoms with Crippen LogP contribution >= 0.6 is 0 Å². The average molecular weight is 262 g/mol. The molecule has 2 aromatic rings. The van der Waals surface area contributed by atoms with Crippen LogP contribution in [0.15, 0.2) is 22.9 Å². The molecule has 0 radical (unpaired) electrons. The molecule has 1 fully saturated rings. The topological polar surface area (TPSA) is 82.3 Å². The molecule has 7 nitrogen and oxygen atoms in total. The lowest BCUT2D eigenvalue weighted by Crippen LogP contribution is -2.33. The van der Waals surface area contributed by atoms with E-state index in [-0.39, 0.29) is 6.10 Å². The lowest BCUT2D eigenvalue weighted by atomic mass is 10.2. The predicted molar refractivity (Wildman–Crippen MR) is 65.6 cm³/mol. The summed E-state index contributed by atoms with van der Waals surface area (Å²) < 4.78 is 15.8. The van der Waals surface area contributed by atoms with Crippen molar-refractivity contribution >= 4 is 0 Å². The van der Waals surface area contributed by atoms with Crippen LogP contribution in [-0.2, 0) is 4.74 Å². The fourth-order valence-electron chi connectivity index (χ4n) is 1.84. The van der Waals surface area contributed by atoms with Gasteiger partial charge < -0.3 is 19.3 Å². The summed E-state index contributed by atoms with van der Waals surface area (Å²) in [6, 6.07) is 3.59. The van der Waals surface area contributed by atoms with Gasteiger partial charge in [0.25, 0.3) is 5.89 Å². The smallest absolute Gasteiger partial charge is 0.257 e. The fourth-order valence-corrected chi connectivity index (χ4v) is 1.84. The normalized spacial score (nSPS) is 19.3. The van der Waals surface area contributed by atoms with Crippen molar-refractivity contribution in [2.24, 2.45) is 0 Å². The predicted octanol–water partition coefficient (Wildman–Crippen LogP) is 0.801. The molecular formula is C12H14N4O3. The zero-order valence-corrected chi connectivity index (χ0v) is 10.5. The second-order valence-corrected chi connectivity index (χ2v) is 4.11. The van der Waals surface area contributed by atoms with Crippen molar-refractivity contribution in [3.8, 4) is 17.3 Å². The van der Waals surface area contributed by atoms with E-state index < -0.39 is 0 Å². The van der Waals surface area contributed by atoms with Crippen LogP contribution in [0.2, 0.25) is 0 Å². The number of aromatic nitrogens is 3. The highest BCUT2D eigenvalue weighted by atomic mass is 16.5. The van der Waals surface area contributed by atoms with Gasteiger partial charge in [-0.25, -0.2) is 4.98 Å². The summed E-state index contributed by atoms with van der Waals surface area (Å²) in [7, 11) is 1.57. The zero-order valence-electron chi connectivity index (χ0n) is 10.5. The number of hydrogen-bond donors (Lipinski definition) is 1. The number of ether oxygens (including phenoxy) is 2. The molecule has 3 heterocycles. The molecule has 19 heavy (non-hydrogen) atoms. The van der Waals surface area contributed by atoms with E-state index in [0.29, 0.717) is 30.7 Å². The summed E-state index contributed by atoms with van der Waals surface area (Å²) in [6.07, 6.45) is 1.47. The molecule has 0 aliphatic carbocycles. The van der Waals surface area contributed by atoms with Crippen molar-refractivity contribution in [3.05, 3.63) is 24.2 Å². The van der Waals surface area contributed by atoms with Gasteiger partial charge in [-0.2, -0.15) is 4.98 Å². The molecule has 7 heteroatoms. The molecule has 100 valence electrons. The number of nitrogens with zero attached hydrogens (tertiary/aromatic N) is 3. The van der Waals surface area contributed by atoms with Crippen molar-refractivity contribution in [3.63, 3.8) is 0 Å². The molecule has 3 rings (SSSR count). The van der Waals surface area contributed by atoms with E-state index in [9.17, 15) is 0 Å². The first-order valence-corrected chi connectivity index (χ1v) is 6.03. The average Bonchev–Trinajstić information content (AvgIpc) is 2.98. The van der Waals surface area contributed by atoms with Gasteiger partial charge in [-0.05, 0) is 6.07 Å². The third-order valence-corrected chi connectivity index (χ3v) is 2.85. The first-order chi connectivity index (χ1) is 9.36. The number of methoxy groups -OCH3 is 1. The van der Waals surface area contributed by atoms with Crippen LogP contribution in [-0.4, -0.2) is 41.9 Å². The van der Waals surface area contributed by atoms with Crippen LogP contribution in [0.5, 0.6) is 5.88 Å². The van der Waals surface area contributed by atoms with Gasteiger partial charge in [0.1, 0.15) is 6.10 Å². The van der Waals surface area contributed by atoms with Gasteiger partial charge in [-0.1, -0.05) is 5.16 Å². The minimum Gasteiger partial charge on any atom is -0.481 e. The van der Waals surface area contributed by atoms with Crippen molar-refractivity contribution < 1.29 is 14.0 Å². The summed E-state index contributed by atoms with van der Waals surface area (Å²) in [4.78, 5) is 8.44. The van der Waals surface area contributed by atoms with Gasteiger partial charge in [0.05, 0.1) is 13.7 Å². The van der Waals surface area contributed by atoms with Crippen LogP contribution in [0, 0.1) is 0 Å². The lowest BCUT2D eigenvalue weighted by Gasteiger charge is -2.19. The summed E-state index contributed by atoms with van der Waals surface area (Å²) in [5.41, 5.74) is 0.777. The number of nitrogens with one attached hydrogen (secondary N) is 1. The molecule has 1 saturated heterocycles. The molecule has 1 aliphatic heterocycles. The maximum atomic E-state index is 5.56. The number of pyridine rings is 1. The maximum absolute atomic E-state index is 5.56. The van der Waals surface area contributed by atoms with Gasteiger partial charge >= 0.3 is 0 Å². The number of rotatable bonds is 3. The molecule has 0 spiro atoms. The minimum absolute atomic E-state index is 0.179. The van der Waals surface area contributed by atoms with Crippen molar-refractivity contribution in [2.45, 2.75) is 6.10 Å². The molecule has 1 aliphatic rings. The van der Waals surface area contributed by atoms with Gasteiger partial charge in [-0.15, -0.1) is 0 Å². The second-order valence-electron chi connectivity index (χ2n) is 4.11. The first kappa shape index (κ1) is 12.1. The van der Waals surface area contributed by atoms with Crippen LogP contribution in [0.3, 0.4) is 0 Å². The van der Waals surface area contributed by atoms with Gasteiger partial charge in [0.2, 0.25) is 11.7 Å². The van der Waals surface area contributed by atoms with Crippen molar-refractivity contribution in [2.75, 3.05) is 26.8 Å². The van der Waals surface area contributed by atoms with E-state index in [2.05, 4.69) is 20.4 Å². The van der Waals surface area contributed by atoms with E-state index >= 15 is 0 Å². The van der Waals surface area contributed by atoms with E-state index in [1.54, 1.807) is 19.4 Å². The van der Waals surface area contributed by atoms with Gasteiger partial charge in [0.15, 0.2) is 0 Å². The summed E-state index contributed by atoms with van der Waals surface area (Å²) in [5, 5.41) is 7.16. The van der Waals surface area contributed by atoms with Crippen molar-refractivity contribution in [1.82, 2.24) is 20.4 Å². The molecule has 2 aromatic heterocycles. The largest absolute Gasteiger partial charge is 0.481 e. The maximum Gasteiger partial charge on any atom is 0.257 e. The Labute approximate surface area is 109 Å². The molecule has 0 amide bonds. The van der Waals surface area contributed by atoms with Crippen molar-refractivity contribution in [1.29, 1.82) is 0 Å². The van der Waals surface area contributed by atoms with Crippen LogP contribution in [0.1, 0.15) is 12.0 Å². The first-order valence-electron chi connectivity index (χ1n) is 6.03. The summed E-state index contributed by atoms with van der Waals surface area (Å²) >= 11 is 0. The summed E-state index contributed by atoms with van der Waals surface area (Å²) in [6.45, 7) is 2.18. The quantitative estimate of drug-likeness (QED) is 0.876. The molecule has 0 bridgehead atoms. The van der Waals surface area contributed by atoms with E-state index in [1.807, 2.05) is 6.07 Å². The highest BCUT2D eigenvalue weighted by molar-refractivity contribution is 5.53. The van der Waals surface area contributed by atoms with Gasteiger partial charge in [0, 0.05) is 30.9 Å². The third-order valence-electron chi connectivity index (χ3n) is 2.85. The highest BCUT2D eigenvalue weighted by Crippen LogP contribution is 2.21. The van der Waals surface area contributed by atoms with Crippen LogP contribution in [0.25, 0.3) is 11.4 Å². The Morgan fingerprint density at radius 3 is 3.05 bits per heavy atom. The lowest BCUT2D eigenvalue weighted by molar-refractivity contribution is 0.00755. The molecule has 0 saturated carbocycles. The Morgan fingerprint density at radius 2 is 2.37 bits per heavy atom. The SMILES string of the molecule is COc1ccc(-c2noc([C@@H]3CNCCO3)n2)cn1. The molecule has 1 atom stereocenters. The highest BCUT2D eigenvalue weighted by Gasteiger charge is 2.22. The third kappa shape index (κ3) is 2.56. The molecule has 0 unspecified atom stereocenters. The Balaban J connectivity index is 1.79. The minimum atomic E-state index is -0.179. The number of morpholine rings is 1. The van der Waals surface area contributed by atoms with Crippen LogP contribution < -0.4 is 10.1 Å². The van der Waals surface area contributed by atoms with Gasteiger partial charge in [-0.3, -0.25) is 0 Å². The fraction of sp³-hybridized carbons (Fsp3) is 0.417. The standard InChI is InChI=1S/C12H14N4O3/c1-17-10-3-2-8(6-14-10)11-15-12(19-16-11)9-7-13-4-5-18-9/h2-3,6,9,13H,4-5,7H2,1H3/t9-/m0/s1. The zero-order chi connectivity index (χ0) is 13.1. The summed E-state index contributed by atoms with van der Waals surface area (Å²) in [5.74, 6) is 1.53. The molecule has 1 N–H and O–H groups in total. The number of hydrogen-bond acceptors (Lipinski definition) is 7. The Morgan fingerprint density at radius 1 is 1.42 bits per heavy atom. The van der Waals surface area contributed by atoms with E-state index in [4.69, 9.17) is 14.0 Å². The Bertz CT molecular complexity index is 534. The molecular weight excluding hydrogens is 248 g/mol. The monoisotopic (exact) mass is 262 g/mol. The van der Waals surface area contributed by atoms with E-state index in [0.717, 1.165) is 12.1 Å². The molecule has 0 aromatic carbocycles. The Kier molecular flexibility index (Phi) is 3.39. The van der Waals surface area contributed by atoms with Crippen LogP contribution in [0.4, 0.5) is 0 Å².